The minimum absolute atomic E-state index is 0.761. The Hall–Kier alpha value is -0.860. The van der Waals surface area contributed by atoms with Crippen molar-refractivity contribution in [1.29, 1.82) is 0 Å². The van der Waals surface area contributed by atoms with Crippen LogP contribution in [0.4, 0.5) is 0 Å². The van der Waals surface area contributed by atoms with Crippen molar-refractivity contribution in [3.05, 3.63) is 35.4 Å². The number of hydrogen-bond donors (Lipinski definition) is 1. The first kappa shape index (κ1) is 13.6. The Bertz CT molecular complexity index is 347. The molecule has 0 amide bonds. The van der Waals surface area contributed by atoms with E-state index in [0.717, 1.165) is 32.2 Å². The van der Waals surface area contributed by atoms with Gasteiger partial charge in [-0.15, -0.1) is 0 Å². The molecule has 1 saturated carbocycles. The smallest absolute Gasteiger partial charge is 0.0720 e. The third-order valence-corrected chi connectivity index (χ3v) is 3.49. The lowest BCUT2D eigenvalue weighted by Crippen LogP contribution is -2.15. The minimum Gasteiger partial charge on any atom is -0.377 e. The van der Waals surface area contributed by atoms with Crippen LogP contribution in [0.25, 0.3) is 0 Å². The molecule has 2 nitrogen and oxygen atoms in total. The van der Waals surface area contributed by atoms with Crippen LogP contribution in [0.5, 0.6) is 0 Å². The Labute approximate surface area is 111 Å². The van der Waals surface area contributed by atoms with Gasteiger partial charge in [0.15, 0.2) is 0 Å². The summed E-state index contributed by atoms with van der Waals surface area (Å²) in [5, 5.41) is 3.45. The minimum atomic E-state index is 0.761. The molecule has 2 rings (SSSR count). The maximum absolute atomic E-state index is 5.79. The van der Waals surface area contributed by atoms with Crippen molar-refractivity contribution in [3.8, 4) is 0 Å². The van der Waals surface area contributed by atoms with Gasteiger partial charge in [-0.3, -0.25) is 0 Å². The van der Waals surface area contributed by atoms with Gasteiger partial charge in [-0.1, -0.05) is 44.0 Å². The van der Waals surface area contributed by atoms with Crippen molar-refractivity contribution in [2.75, 3.05) is 13.2 Å². The van der Waals surface area contributed by atoms with E-state index in [1.807, 2.05) is 0 Å². The summed E-state index contributed by atoms with van der Waals surface area (Å²) in [5.41, 5.74) is 2.70. The number of nitrogens with one attached hydrogen (secondary N) is 1. The third-order valence-electron chi connectivity index (χ3n) is 3.49. The topological polar surface area (TPSA) is 21.3 Å². The van der Waals surface area contributed by atoms with Gasteiger partial charge in [0.05, 0.1) is 6.61 Å². The molecule has 1 N–H and O–H groups in total. The number of rotatable bonds is 9. The maximum atomic E-state index is 5.79. The van der Waals surface area contributed by atoms with Gasteiger partial charge in [0.2, 0.25) is 0 Å². The lowest BCUT2D eigenvalue weighted by molar-refractivity contribution is 0.114. The summed E-state index contributed by atoms with van der Waals surface area (Å²) >= 11 is 0. The fourth-order valence-corrected chi connectivity index (χ4v) is 2.11. The van der Waals surface area contributed by atoms with Gasteiger partial charge in [-0.05, 0) is 36.4 Å². The summed E-state index contributed by atoms with van der Waals surface area (Å²) in [6.07, 6.45) is 5.26. The van der Waals surface area contributed by atoms with Gasteiger partial charge < -0.3 is 10.1 Å². The molecule has 0 aliphatic heterocycles. The number of benzene rings is 1. The second-order valence-electron chi connectivity index (χ2n) is 5.23. The van der Waals surface area contributed by atoms with E-state index in [-0.39, 0.29) is 0 Å². The van der Waals surface area contributed by atoms with E-state index in [1.165, 1.54) is 36.8 Å². The summed E-state index contributed by atoms with van der Waals surface area (Å²) in [6, 6.07) is 8.59. The van der Waals surface area contributed by atoms with Crippen molar-refractivity contribution < 1.29 is 4.74 Å². The predicted octanol–water partition coefficient (Wildman–Crippen LogP) is 3.50. The fraction of sp³-hybridized carbons (Fsp3) is 0.625. The molecule has 0 spiro atoms. The first-order valence-electron chi connectivity index (χ1n) is 7.25. The summed E-state index contributed by atoms with van der Waals surface area (Å²) in [5.74, 6) is 0.964. The first-order valence-corrected chi connectivity index (χ1v) is 7.25. The van der Waals surface area contributed by atoms with Crippen LogP contribution in [0.3, 0.4) is 0 Å². The average Bonchev–Trinajstić information content (AvgIpc) is 3.21. The molecular weight excluding hydrogens is 222 g/mol. The highest BCUT2D eigenvalue weighted by Crippen LogP contribution is 2.32. The first-order chi connectivity index (χ1) is 8.90. The monoisotopic (exact) mass is 247 g/mol. The van der Waals surface area contributed by atoms with E-state index >= 15 is 0 Å². The van der Waals surface area contributed by atoms with Crippen LogP contribution in [0.2, 0.25) is 0 Å². The van der Waals surface area contributed by atoms with Gasteiger partial charge in [0.1, 0.15) is 0 Å². The highest BCUT2D eigenvalue weighted by molar-refractivity contribution is 5.26. The van der Waals surface area contributed by atoms with Crippen LogP contribution < -0.4 is 5.32 Å². The maximum Gasteiger partial charge on any atom is 0.0720 e. The van der Waals surface area contributed by atoms with Crippen molar-refractivity contribution >= 4 is 0 Å². The molecule has 100 valence electrons. The standard InChI is InChI=1S/C16H25NO/c1-2-10-17-12-15-5-3-4-6-16(15)13-18-11-9-14-7-8-14/h3-6,14,17H,2,7-13H2,1H3. The Morgan fingerprint density at radius 3 is 2.72 bits per heavy atom. The van der Waals surface area contributed by atoms with Crippen LogP contribution in [-0.2, 0) is 17.9 Å². The molecule has 0 heterocycles. The Balaban J connectivity index is 1.74. The second kappa shape index (κ2) is 7.55. The molecule has 0 radical (unpaired) electrons. The summed E-state index contributed by atoms with van der Waals surface area (Å²) in [7, 11) is 0. The lowest BCUT2D eigenvalue weighted by atomic mass is 10.1. The molecule has 0 atom stereocenters. The van der Waals surface area contributed by atoms with Crippen molar-refractivity contribution in [2.24, 2.45) is 5.92 Å². The van der Waals surface area contributed by atoms with Crippen LogP contribution in [-0.4, -0.2) is 13.2 Å². The predicted molar refractivity (Wildman–Crippen MR) is 75.4 cm³/mol. The molecule has 0 aromatic heterocycles. The average molecular weight is 247 g/mol. The molecule has 18 heavy (non-hydrogen) atoms. The summed E-state index contributed by atoms with van der Waals surface area (Å²) in [6.45, 7) is 5.91. The van der Waals surface area contributed by atoms with E-state index in [2.05, 4.69) is 36.5 Å². The van der Waals surface area contributed by atoms with Gasteiger partial charge in [0.25, 0.3) is 0 Å². The molecule has 1 aromatic carbocycles. The molecule has 1 aliphatic rings. The van der Waals surface area contributed by atoms with Crippen LogP contribution in [0, 0.1) is 5.92 Å². The molecule has 1 aliphatic carbocycles. The largest absolute Gasteiger partial charge is 0.377 e. The fourth-order valence-electron chi connectivity index (χ4n) is 2.11. The van der Waals surface area contributed by atoms with E-state index in [4.69, 9.17) is 4.74 Å². The van der Waals surface area contributed by atoms with E-state index in [0.29, 0.717) is 0 Å². The van der Waals surface area contributed by atoms with Crippen LogP contribution in [0.15, 0.2) is 24.3 Å². The quantitative estimate of drug-likeness (QED) is 0.674. The van der Waals surface area contributed by atoms with E-state index in [1.54, 1.807) is 0 Å². The summed E-state index contributed by atoms with van der Waals surface area (Å²) < 4.78 is 5.79. The van der Waals surface area contributed by atoms with Crippen molar-refractivity contribution in [1.82, 2.24) is 5.32 Å². The summed E-state index contributed by atoms with van der Waals surface area (Å²) in [4.78, 5) is 0. The van der Waals surface area contributed by atoms with Crippen molar-refractivity contribution in [2.45, 2.75) is 45.8 Å². The van der Waals surface area contributed by atoms with E-state index < -0.39 is 0 Å². The highest BCUT2D eigenvalue weighted by Gasteiger charge is 2.20. The van der Waals surface area contributed by atoms with Gasteiger partial charge >= 0.3 is 0 Å². The zero-order chi connectivity index (χ0) is 12.6. The number of hydrogen-bond acceptors (Lipinski definition) is 2. The lowest BCUT2D eigenvalue weighted by Gasteiger charge is -2.10. The van der Waals surface area contributed by atoms with Gasteiger partial charge in [0, 0.05) is 13.2 Å². The van der Waals surface area contributed by atoms with E-state index in [9.17, 15) is 0 Å². The van der Waals surface area contributed by atoms with Crippen molar-refractivity contribution in [3.63, 3.8) is 0 Å². The van der Waals surface area contributed by atoms with Crippen LogP contribution >= 0.6 is 0 Å². The molecule has 1 fully saturated rings. The van der Waals surface area contributed by atoms with Crippen LogP contribution in [0.1, 0.15) is 43.7 Å². The molecule has 0 bridgehead atoms. The second-order valence-corrected chi connectivity index (χ2v) is 5.23. The normalized spacial score (nSPS) is 14.9. The third kappa shape index (κ3) is 4.79. The number of ether oxygens (including phenoxy) is 1. The molecule has 2 heteroatoms. The molecule has 0 saturated heterocycles. The molecule has 0 unspecified atom stereocenters. The van der Waals surface area contributed by atoms with Gasteiger partial charge in [-0.25, -0.2) is 0 Å². The van der Waals surface area contributed by atoms with Gasteiger partial charge in [-0.2, -0.15) is 0 Å². The Morgan fingerprint density at radius 2 is 2.00 bits per heavy atom. The SMILES string of the molecule is CCCNCc1ccccc1COCCC1CC1. The molecule has 1 aromatic rings. The Kier molecular flexibility index (Phi) is 5.69. The zero-order valence-electron chi connectivity index (χ0n) is 11.5. The Morgan fingerprint density at radius 1 is 1.22 bits per heavy atom. The molecular formula is C16H25NO. The zero-order valence-corrected chi connectivity index (χ0v) is 11.5. The highest BCUT2D eigenvalue weighted by atomic mass is 16.5.